The Morgan fingerprint density at radius 3 is 1.55 bits per heavy atom. The van der Waals surface area contributed by atoms with Crippen LogP contribution in [0.3, 0.4) is 0 Å². The summed E-state index contributed by atoms with van der Waals surface area (Å²) in [6.07, 6.45) is -2.37. The third-order valence-electron chi connectivity index (χ3n) is 7.30. The van der Waals surface area contributed by atoms with Gasteiger partial charge in [-0.2, -0.15) is 0 Å². The van der Waals surface area contributed by atoms with Crippen LogP contribution in [0.4, 0.5) is 18.4 Å². The Balaban J connectivity index is 1.48. The summed E-state index contributed by atoms with van der Waals surface area (Å²) in [5.41, 5.74) is 1.82. The van der Waals surface area contributed by atoms with Gasteiger partial charge >= 0.3 is 18.1 Å². The predicted molar refractivity (Wildman–Crippen MR) is 149 cm³/mol. The minimum Gasteiger partial charge on any atom is -0.480 e. The Bertz CT molecular complexity index is 1520. The quantitative estimate of drug-likeness (QED) is 0.268. The molecule has 3 amide bonds. The van der Waals surface area contributed by atoms with E-state index in [1.807, 2.05) is 0 Å². The highest BCUT2D eigenvalue weighted by Crippen LogP contribution is 2.37. The van der Waals surface area contributed by atoms with Crippen molar-refractivity contribution in [1.29, 1.82) is 0 Å². The molecule has 42 heavy (non-hydrogen) atoms. The lowest BCUT2D eigenvalue weighted by atomic mass is 9.81. The van der Waals surface area contributed by atoms with Gasteiger partial charge in [-0.05, 0) is 64.6 Å². The zero-order valence-corrected chi connectivity index (χ0v) is 22.3. The summed E-state index contributed by atoms with van der Waals surface area (Å²) in [5, 5.41) is 23.6. The van der Waals surface area contributed by atoms with Crippen LogP contribution in [0.2, 0.25) is 0 Å². The number of benzene rings is 4. The molecule has 0 saturated carbocycles. The molecule has 0 bridgehead atoms. The second-order valence-electron chi connectivity index (χ2n) is 9.91. The molecule has 2 atom stereocenters. The predicted octanol–water partition coefficient (Wildman–Crippen LogP) is 5.54. The van der Waals surface area contributed by atoms with E-state index in [0.717, 1.165) is 22.3 Å². The van der Waals surface area contributed by atoms with Gasteiger partial charge in [-0.15, -0.1) is 0 Å². The minimum atomic E-state index is -1.92. The second kappa shape index (κ2) is 11.4. The Hall–Kier alpha value is -5.09. The molecule has 5 rings (SSSR count). The Kier molecular flexibility index (Phi) is 7.73. The highest BCUT2D eigenvalue weighted by atomic mass is 19.1. The number of hydrogen-bond acceptors (Lipinski definition) is 5. The number of amides is 3. The third-order valence-corrected chi connectivity index (χ3v) is 7.30. The standard InChI is InChI=1S/C32H26F2N2O6/c1-19(42-31(40)36-18-28(29(37)38)35-30(36)39)32(41,24-10-2-20(3-11-24)22-6-14-26(33)15-7-22)25-12-4-21(5-13-25)23-8-16-27(34)17-9-23/h2-17,19,28,41H,18H2,1H3,(H,35,39)(H,37,38)/t19-,28?/m0/s1. The van der Waals surface area contributed by atoms with E-state index in [2.05, 4.69) is 5.32 Å². The number of aliphatic carboxylic acids is 1. The van der Waals surface area contributed by atoms with Crippen LogP contribution in [0.25, 0.3) is 22.3 Å². The number of rotatable bonds is 7. The summed E-state index contributed by atoms with van der Waals surface area (Å²) >= 11 is 0. The summed E-state index contributed by atoms with van der Waals surface area (Å²) in [5.74, 6) is -2.04. The number of carboxylic acids is 1. The van der Waals surface area contributed by atoms with E-state index in [1.54, 1.807) is 72.8 Å². The maximum atomic E-state index is 13.4. The van der Waals surface area contributed by atoms with Crippen LogP contribution in [0.1, 0.15) is 18.1 Å². The monoisotopic (exact) mass is 572 g/mol. The van der Waals surface area contributed by atoms with Gasteiger partial charge < -0.3 is 20.3 Å². The molecule has 1 heterocycles. The topological polar surface area (TPSA) is 116 Å². The normalized spacial score (nSPS) is 15.7. The van der Waals surface area contributed by atoms with Crippen molar-refractivity contribution < 1.29 is 38.1 Å². The van der Waals surface area contributed by atoms with Crippen LogP contribution in [-0.4, -0.2) is 51.9 Å². The maximum absolute atomic E-state index is 13.4. The number of nitrogens with one attached hydrogen (secondary N) is 1. The SMILES string of the molecule is C[C@H](OC(=O)N1CC(C(=O)O)NC1=O)C(O)(c1ccc(-c2ccc(F)cc2)cc1)c1ccc(-c2ccc(F)cc2)cc1. The number of hydrogen-bond donors (Lipinski definition) is 3. The molecular formula is C32H26F2N2O6. The van der Waals surface area contributed by atoms with Gasteiger partial charge in [0.2, 0.25) is 0 Å². The van der Waals surface area contributed by atoms with E-state index in [1.165, 1.54) is 31.2 Å². The van der Waals surface area contributed by atoms with Crippen LogP contribution in [0, 0.1) is 11.6 Å². The Morgan fingerprint density at radius 2 is 1.19 bits per heavy atom. The lowest BCUT2D eigenvalue weighted by Gasteiger charge is -2.35. The van der Waals surface area contributed by atoms with E-state index >= 15 is 0 Å². The van der Waals surface area contributed by atoms with Crippen molar-refractivity contribution in [3.63, 3.8) is 0 Å². The first kappa shape index (κ1) is 28.4. The number of imide groups is 1. The molecule has 1 fully saturated rings. The second-order valence-corrected chi connectivity index (χ2v) is 9.91. The van der Waals surface area contributed by atoms with Crippen molar-refractivity contribution in [2.45, 2.75) is 24.7 Å². The van der Waals surface area contributed by atoms with Crippen molar-refractivity contribution in [3.8, 4) is 22.3 Å². The van der Waals surface area contributed by atoms with Gasteiger partial charge in [0.25, 0.3) is 0 Å². The van der Waals surface area contributed by atoms with Gasteiger partial charge in [0.1, 0.15) is 23.8 Å². The largest absolute Gasteiger partial charge is 0.480 e. The zero-order chi connectivity index (χ0) is 30.0. The summed E-state index contributed by atoms with van der Waals surface area (Å²) in [6.45, 7) is 1.03. The average molecular weight is 573 g/mol. The molecule has 8 nitrogen and oxygen atoms in total. The number of carboxylic acid groups (broad SMARTS) is 1. The first-order chi connectivity index (χ1) is 20.1. The maximum Gasteiger partial charge on any atom is 0.418 e. The molecule has 1 saturated heterocycles. The Labute approximate surface area is 239 Å². The summed E-state index contributed by atoms with van der Waals surface area (Å²) in [4.78, 5) is 37.1. The fourth-order valence-corrected chi connectivity index (χ4v) is 4.89. The molecule has 1 aliphatic rings. The smallest absolute Gasteiger partial charge is 0.418 e. The molecule has 0 aliphatic carbocycles. The van der Waals surface area contributed by atoms with Gasteiger partial charge in [-0.25, -0.2) is 28.1 Å². The van der Waals surface area contributed by atoms with Crippen LogP contribution >= 0.6 is 0 Å². The van der Waals surface area contributed by atoms with E-state index in [4.69, 9.17) is 4.74 Å². The number of nitrogens with zero attached hydrogens (tertiary/aromatic N) is 1. The first-order valence-corrected chi connectivity index (χ1v) is 13.0. The molecule has 1 aliphatic heterocycles. The van der Waals surface area contributed by atoms with Crippen molar-refractivity contribution >= 4 is 18.1 Å². The molecular weight excluding hydrogens is 546 g/mol. The summed E-state index contributed by atoms with van der Waals surface area (Å²) < 4.78 is 32.4. The highest BCUT2D eigenvalue weighted by molar-refractivity contribution is 5.96. The van der Waals surface area contributed by atoms with E-state index in [0.29, 0.717) is 16.0 Å². The third kappa shape index (κ3) is 5.57. The molecule has 0 radical (unpaired) electrons. The minimum absolute atomic E-state index is 0.359. The molecule has 0 spiro atoms. The average Bonchev–Trinajstić information content (AvgIpc) is 3.40. The number of ether oxygens (including phenoxy) is 1. The van der Waals surface area contributed by atoms with Gasteiger partial charge in [0, 0.05) is 0 Å². The number of urea groups is 1. The van der Waals surface area contributed by atoms with Crippen molar-refractivity contribution in [1.82, 2.24) is 10.2 Å². The van der Waals surface area contributed by atoms with Crippen LogP contribution in [0.15, 0.2) is 97.1 Å². The number of halogens is 2. The van der Waals surface area contributed by atoms with Gasteiger partial charge in [-0.1, -0.05) is 72.8 Å². The van der Waals surface area contributed by atoms with Gasteiger partial charge in [-0.3, -0.25) is 0 Å². The highest BCUT2D eigenvalue weighted by Gasteiger charge is 2.44. The molecule has 4 aromatic rings. The molecule has 10 heteroatoms. The van der Waals surface area contributed by atoms with Crippen LogP contribution < -0.4 is 5.32 Å². The number of carbonyl (C=O) groups is 3. The molecule has 0 aromatic heterocycles. The van der Waals surface area contributed by atoms with Gasteiger partial charge in [0.05, 0.1) is 6.54 Å². The molecule has 4 aromatic carbocycles. The number of carbonyl (C=O) groups excluding carboxylic acids is 2. The van der Waals surface area contributed by atoms with Crippen molar-refractivity contribution in [3.05, 3.63) is 120 Å². The fourth-order valence-electron chi connectivity index (χ4n) is 4.89. The lowest BCUT2D eigenvalue weighted by molar-refractivity contribution is -0.138. The molecule has 214 valence electrons. The van der Waals surface area contributed by atoms with Gasteiger partial charge in [0.15, 0.2) is 5.60 Å². The number of aliphatic hydroxyl groups is 1. The Morgan fingerprint density at radius 1 is 0.810 bits per heavy atom. The van der Waals surface area contributed by atoms with E-state index < -0.39 is 42.4 Å². The molecule has 3 N–H and O–H groups in total. The van der Waals surface area contributed by atoms with Crippen molar-refractivity contribution in [2.75, 3.05) is 6.54 Å². The van der Waals surface area contributed by atoms with Crippen LogP contribution in [-0.2, 0) is 15.1 Å². The summed E-state index contributed by atoms with van der Waals surface area (Å²) in [6, 6.07) is 23.2. The van der Waals surface area contributed by atoms with E-state index in [-0.39, 0.29) is 11.6 Å². The first-order valence-electron chi connectivity index (χ1n) is 13.0. The van der Waals surface area contributed by atoms with Crippen LogP contribution in [0.5, 0.6) is 0 Å². The molecule has 1 unspecified atom stereocenters. The van der Waals surface area contributed by atoms with Crippen molar-refractivity contribution in [2.24, 2.45) is 0 Å². The zero-order valence-electron chi connectivity index (χ0n) is 22.3. The summed E-state index contributed by atoms with van der Waals surface area (Å²) in [7, 11) is 0. The van der Waals surface area contributed by atoms with E-state index in [9.17, 15) is 33.4 Å². The fraction of sp³-hybridized carbons (Fsp3) is 0.156. The lowest BCUT2D eigenvalue weighted by Crippen LogP contribution is -2.45.